The third-order valence-corrected chi connectivity index (χ3v) is 5.21. The molecule has 0 amide bonds. The van der Waals surface area contributed by atoms with E-state index in [1.165, 1.54) is 4.88 Å². The van der Waals surface area contributed by atoms with E-state index in [4.69, 9.17) is 11.6 Å². The number of halogens is 1. The third-order valence-electron chi connectivity index (χ3n) is 3.24. The molecule has 0 aliphatic carbocycles. The smallest absolute Gasteiger partial charge is 0.113 e. The normalized spacial score (nSPS) is 13.6. The fourth-order valence-electron chi connectivity index (χ4n) is 1.98. The van der Waals surface area contributed by atoms with Crippen molar-refractivity contribution in [1.82, 2.24) is 0 Å². The molecule has 0 fully saturated rings. The predicted molar refractivity (Wildman–Crippen MR) is 83.3 cm³/mol. The van der Waals surface area contributed by atoms with Crippen LogP contribution in [0.3, 0.4) is 0 Å². The number of rotatable bonds is 2. The summed E-state index contributed by atoms with van der Waals surface area (Å²) < 4.78 is 0. The van der Waals surface area contributed by atoms with Gasteiger partial charge in [-0.25, -0.2) is 0 Å². The van der Waals surface area contributed by atoms with Crippen molar-refractivity contribution in [3.05, 3.63) is 56.2 Å². The molecule has 0 saturated heterocycles. The van der Waals surface area contributed by atoms with Gasteiger partial charge < -0.3 is 5.11 Å². The highest BCUT2D eigenvalue weighted by molar-refractivity contribution is 7.12. The zero-order valence-electron chi connectivity index (χ0n) is 11.7. The molecule has 0 radical (unpaired) electrons. The van der Waals surface area contributed by atoms with Gasteiger partial charge in [0.2, 0.25) is 0 Å². The largest absolute Gasteiger partial charge is 0.383 e. The van der Waals surface area contributed by atoms with Crippen molar-refractivity contribution in [3.8, 4) is 0 Å². The van der Waals surface area contributed by atoms with Crippen LogP contribution in [-0.4, -0.2) is 5.11 Å². The highest BCUT2D eigenvalue weighted by Crippen LogP contribution is 2.36. The highest BCUT2D eigenvalue weighted by atomic mass is 35.5. The van der Waals surface area contributed by atoms with Crippen LogP contribution in [-0.2, 0) is 5.41 Å². The van der Waals surface area contributed by atoms with E-state index in [0.717, 1.165) is 16.0 Å². The molecule has 1 aromatic carbocycles. The van der Waals surface area contributed by atoms with E-state index in [-0.39, 0.29) is 5.41 Å². The van der Waals surface area contributed by atoms with E-state index in [2.05, 4.69) is 26.8 Å². The van der Waals surface area contributed by atoms with Crippen LogP contribution in [0, 0.1) is 6.92 Å². The Labute approximate surface area is 123 Å². The first kappa shape index (κ1) is 14.6. The van der Waals surface area contributed by atoms with Gasteiger partial charge in [0.25, 0.3) is 0 Å². The van der Waals surface area contributed by atoms with Crippen molar-refractivity contribution >= 4 is 22.9 Å². The molecule has 0 bridgehead atoms. The molecule has 1 atom stereocenters. The summed E-state index contributed by atoms with van der Waals surface area (Å²) in [5.41, 5.74) is 1.95. The average Bonchev–Trinajstić information content (AvgIpc) is 2.81. The summed E-state index contributed by atoms with van der Waals surface area (Å²) in [6.07, 6.45) is -0.597. The fraction of sp³-hybridized carbons (Fsp3) is 0.375. The van der Waals surface area contributed by atoms with Crippen LogP contribution in [0.2, 0.25) is 5.02 Å². The summed E-state index contributed by atoms with van der Waals surface area (Å²) >= 11 is 7.78. The second kappa shape index (κ2) is 5.28. The van der Waals surface area contributed by atoms with Crippen LogP contribution in [0.5, 0.6) is 0 Å². The van der Waals surface area contributed by atoms with Gasteiger partial charge in [0.05, 0.1) is 0 Å². The van der Waals surface area contributed by atoms with Gasteiger partial charge in [0.1, 0.15) is 6.10 Å². The Balaban J connectivity index is 2.37. The van der Waals surface area contributed by atoms with Crippen molar-refractivity contribution in [1.29, 1.82) is 0 Å². The van der Waals surface area contributed by atoms with Crippen molar-refractivity contribution in [2.75, 3.05) is 0 Å². The van der Waals surface area contributed by atoms with Gasteiger partial charge >= 0.3 is 0 Å². The van der Waals surface area contributed by atoms with E-state index < -0.39 is 6.10 Å². The van der Waals surface area contributed by atoms with Gasteiger partial charge in [-0.3, -0.25) is 0 Å². The van der Waals surface area contributed by atoms with Crippen LogP contribution in [0.4, 0.5) is 0 Å². The summed E-state index contributed by atoms with van der Waals surface area (Å²) in [7, 11) is 0. The van der Waals surface area contributed by atoms with E-state index in [1.54, 1.807) is 11.3 Å². The van der Waals surface area contributed by atoms with Crippen molar-refractivity contribution < 1.29 is 5.11 Å². The van der Waals surface area contributed by atoms with E-state index in [9.17, 15) is 5.11 Å². The topological polar surface area (TPSA) is 20.2 Å². The Bertz CT molecular complexity index is 581. The summed E-state index contributed by atoms with van der Waals surface area (Å²) in [6, 6.07) is 9.77. The Morgan fingerprint density at radius 1 is 1.16 bits per heavy atom. The zero-order valence-corrected chi connectivity index (χ0v) is 13.3. The quantitative estimate of drug-likeness (QED) is 0.818. The lowest BCUT2D eigenvalue weighted by Gasteiger charge is -2.16. The Kier molecular flexibility index (Phi) is 4.05. The standard InChI is InChI=1S/C16H19ClOS/c1-10-11(6-5-7-12(10)17)15(18)13-8-9-14(19-13)16(2,3)4/h5-9,15,18H,1-4H3. The molecule has 102 valence electrons. The molecular weight excluding hydrogens is 276 g/mol. The fourth-order valence-corrected chi connectivity index (χ4v) is 3.23. The number of aliphatic hydroxyl groups is 1. The van der Waals surface area contributed by atoms with Gasteiger partial charge in [0.15, 0.2) is 0 Å². The zero-order chi connectivity index (χ0) is 14.2. The molecule has 0 aliphatic heterocycles. The van der Waals surface area contributed by atoms with Crippen LogP contribution in [0.25, 0.3) is 0 Å². The molecule has 1 nitrogen and oxygen atoms in total. The van der Waals surface area contributed by atoms with Crippen LogP contribution >= 0.6 is 22.9 Å². The maximum atomic E-state index is 10.5. The molecule has 2 rings (SSSR count). The predicted octanol–water partition coefficient (Wildman–Crippen LogP) is 5.09. The summed E-state index contributed by atoms with van der Waals surface area (Å²) in [5, 5.41) is 11.2. The lowest BCUT2D eigenvalue weighted by atomic mass is 9.95. The maximum Gasteiger partial charge on any atom is 0.113 e. The van der Waals surface area contributed by atoms with Crippen LogP contribution < -0.4 is 0 Å². The first-order chi connectivity index (χ1) is 8.80. The molecule has 19 heavy (non-hydrogen) atoms. The minimum absolute atomic E-state index is 0.117. The van der Waals surface area contributed by atoms with Crippen molar-refractivity contribution in [2.24, 2.45) is 0 Å². The van der Waals surface area contributed by atoms with Gasteiger partial charge in [0, 0.05) is 14.8 Å². The lowest BCUT2D eigenvalue weighted by Crippen LogP contribution is -2.07. The van der Waals surface area contributed by atoms with E-state index in [1.807, 2.05) is 31.2 Å². The van der Waals surface area contributed by atoms with Crippen molar-refractivity contribution in [2.45, 2.75) is 39.2 Å². The minimum atomic E-state index is -0.597. The molecule has 2 aromatic rings. The first-order valence-corrected chi connectivity index (χ1v) is 7.53. The molecular formula is C16H19ClOS. The third kappa shape index (κ3) is 3.02. The summed E-state index contributed by atoms with van der Waals surface area (Å²) in [6.45, 7) is 8.48. The Hall–Kier alpha value is -0.830. The molecule has 3 heteroatoms. The van der Waals surface area contributed by atoms with Gasteiger partial charge in [-0.15, -0.1) is 11.3 Å². The maximum absolute atomic E-state index is 10.5. The Morgan fingerprint density at radius 2 is 1.84 bits per heavy atom. The number of hydrogen-bond acceptors (Lipinski definition) is 2. The van der Waals surface area contributed by atoms with Crippen LogP contribution in [0.15, 0.2) is 30.3 Å². The summed E-state index contributed by atoms with van der Waals surface area (Å²) in [5.74, 6) is 0. The monoisotopic (exact) mass is 294 g/mol. The molecule has 1 unspecified atom stereocenters. The molecule has 1 aromatic heterocycles. The second-order valence-corrected chi connectivity index (χ2v) is 7.33. The Morgan fingerprint density at radius 3 is 2.42 bits per heavy atom. The lowest BCUT2D eigenvalue weighted by molar-refractivity contribution is 0.223. The molecule has 1 N–H and O–H groups in total. The van der Waals surface area contributed by atoms with Gasteiger partial charge in [-0.2, -0.15) is 0 Å². The SMILES string of the molecule is Cc1c(Cl)cccc1C(O)c1ccc(C(C)(C)C)s1. The first-order valence-electron chi connectivity index (χ1n) is 6.34. The average molecular weight is 295 g/mol. The number of hydrogen-bond donors (Lipinski definition) is 1. The van der Waals surface area contributed by atoms with Crippen LogP contribution in [0.1, 0.15) is 47.8 Å². The second-order valence-electron chi connectivity index (χ2n) is 5.81. The number of thiophene rings is 1. The van der Waals surface area contributed by atoms with Gasteiger partial charge in [-0.1, -0.05) is 44.5 Å². The van der Waals surface area contributed by atoms with E-state index >= 15 is 0 Å². The molecule has 0 saturated carbocycles. The molecule has 1 heterocycles. The van der Waals surface area contributed by atoms with Gasteiger partial charge in [-0.05, 0) is 41.7 Å². The van der Waals surface area contributed by atoms with E-state index in [0.29, 0.717) is 5.02 Å². The molecule has 0 aliphatic rings. The summed E-state index contributed by atoms with van der Waals surface area (Å²) in [4.78, 5) is 2.25. The molecule has 0 spiro atoms. The number of aliphatic hydroxyl groups excluding tert-OH is 1. The van der Waals surface area contributed by atoms with Crippen molar-refractivity contribution in [3.63, 3.8) is 0 Å². The minimum Gasteiger partial charge on any atom is -0.383 e. The highest BCUT2D eigenvalue weighted by Gasteiger charge is 2.20. The number of benzene rings is 1.